The van der Waals surface area contributed by atoms with Gasteiger partial charge in [0.2, 0.25) is 0 Å². The van der Waals surface area contributed by atoms with Crippen LogP contribution in [0.25, 0.3) is 10.7 Å². The van der Waals surface area contributed by atoms with Crippen molar-refractivity contribution in [2.24, 2.45) is 0 Å². The molecule has 0 unspecified atom stereocenters. The number of rotatable bonds is 2. The van der Waals surface area contributed by atoms with Crippen molar-refractivity contribution in [2.45, 2.75) is 20.3 Å². The molecule has 0 aliphatic carbocycles. The normalized spacial score (nSPS) is 10.4. The summed E-state index contributed by atoms with van der Waals surface area (Å²) >= 11 is 1.74. The molecule has 2 rings (SSSR count). The van der Waals surface area contributed by atoms with E-state index >= 15 is 0 Å². The first-order valence-corrected chi connectivity index (χ1v) is 5.50. The molecule has 72 valence electrons. The minimum absolute atomic E-state index is 0.973. The van der Waals surface area contributed by atoms with Gasteiger partial charge in [-0.2, -0.15) is 0 Å². The lowest BCUT2D eigenvalue weighted by Crippen LogP contribution is -1.80. The molecule has 0 saturated carbocycles. The summed E-state index contributed by atoms with van der Waals surface area (Å²) in [5.41, 5.74) is 2.11. The van der Waals surface area contributed by atoms with Gasteiger partial charge in [-0.15, -0.1) is 11.3 Å². The first-order valence-electron chi connectivity index (χ1n) is 4.69. The van der Waals surface area contributed by atoms with Crippen LogP contribution in [-0.2, 0) is 6.42 Å². The van der Waals surface area contributed by atoms with Gasteiger partial charge in [0.25, 0.3) is 0 Å². The molecule has 0 amide bonds. The molecule has 0 saturated heterocycles. The van der Waals surface area contributed by atoms with Crippen molar-refractivity contribution in [3.8, 4) is 10.7 Å². The van der Waals surface area contributed by atoms with Gasteiger partial charge in [0.05, 0.1) is 11.4 Å². The van der Waals surface area contributed by atoms with E-state index in [2.05, 4.69) is 23.8 Å². The minimum Gasteiger partial charge on any atom is -0.254 e. The lowest BCUT2D eigenvalue weighted by Gasteiger charge is -1.91. The molecule has 0 atom stereocenters. The van der Waals surface area contributed by atoms with E-state index in [0.29, 0.717) is 0 Å². The van der Waals surface area contributed by atoms with Crippen molar-refractivity contribution >= 4 is 11.3 Å². The Morgan fingerprint density at radius 2 is 2.21 bits per heavy atom. The molecule has 2 heterocycles. The van der Waals surface area contributed by atoms with E-state index in [-0.39, 0.29) is 0 Å². The summed E-state index contributed by atoms with van der Waals surface area (Å²) in [5, 5.41) is 1.03. The Hall–Kier alpha value is -1.22. The zero-order valence-electron chi connectivity index (χ0n) is 8.32. The van der Waals surface area contributed by atoms with Crippen LogP contribution in [0.3, 0.4) is 0 Å². The van der Waals surface area contributed by atoms with Gasteiger partial charge >= 0.3 is 0 Å². The average Bonchev–Trinajstić information content (AvgIpc) is 2.61. The number of thiazole rings is 1. The summed E-state index contributed by atoms with van der Waals surface area (Å²) in [4.78, 5) is 10.1. The molecular formula is C11H12N2S. The van der Waals surface area contributed by atoms with Crippen molar-refractivity contribution in [1.82, 2.24) is 9.97 Å². The number of aromatic nitrogens is 2. The summed E-state index contributed by atoms with van der Waals surface area (Å²) in [6.07, 6.45) is 2.86. The minimum atomic E-state index is 0.973. The van der Waals surface area contributed by atoms with Crippen LogP contribution in [0.5, 0.6) is 0 Å². The monoisotopic (exact) mass is 204 g/mol. The first kappa shape index (κ1) is 9.34. The van der Waals surface area contributed by atoms with E-state index in [1.165, 1.54) is 4.88 Å². The summed E-state index contributed by atoms with van der Waals surface area (Å²) < 4.78 is 0. The predicted octanol–water partition coefficient (Wildman–Crippen LogP) is 3.08. The van der Waals surface area contributed by atoms with E-state index in [4.69, 9.17) is 0 Å². The highest BCUT2D eigenvalue weighted by molar-refractivity contribution is 7.15. The summed E-state index contributed by atoms with van der Waals surface area (Å²) in [6, 6.07) is 5.91. The molecular weight excluding hydrogens is 192 g/mol. The fourth-order valence-electron chi connectivity index (χ4n) is 1.35. The highest BCUT2D eigenvalue weighted by Gasteiger charge is 2.07. The van der Waals surface area contributed by atoms with E-state index in [9.17, 15) is 0 Å². The fourth-order valence-corrected chi connectivity index (χ4v) is 2.33. The van der Waals surface area contributed by atoms with Crippen molar-refractivity contribution in [2.75, 3.05) is 0 Å². The summed E-state index contributed by atoms with van der Waals surface area (Å²) in [7, 11) is 0. The van der Waals surface area contributed by atoms with E-state index in [1.54, 1.807) is 17.5 Å². The summed E-state index contributed by atoms with van der Waals surface area (Å²) in [5.74, 6) is 0. The van der Waals surface area contributed by atoms with Gasteiger partial charge in [-0.05, 0) is 25.5 Å². The lowest BCUT2D eigenvalue weighted by molar-refractivity contribution is 1.11. The van der Waals surface area contributed by atoms with Crippen LogP contribution < -0.4 is 0 Å². The smallest absolute Gasteiger partial charge is 0.142 e. The number of hydrogen-bond acceptors (Lipinski definition) is 3. The van der Waals surface area contributed by atoms with Crippen molar-refractivity contribution < 1.29 is 0 Å². The van der Waals surface area contributed by atoms with Crippen LogP contribution in [0, 0.1) is 6.92 Å². The largest absolute Gasteiger partial charge is 0.254 e. The molecule has 14 heavy (non-hydrogen) atoms. The Labute approximate surface area is 87.7 Å². The topological polar surface area (TPSA) is 25.8 Å². The quantitative estimate of drug-likeness (QED) is 0.751. The zero-order chi connectivity index (χ0) is 9.97. The Kier molecular flexibility index (Phi) is 2.59. The Morgan fingerprint density at radius 1 is 1.36 bits per heavy atom. The second-order valence-corrected chi connectivity index (χ2v) is 4.18. The van der Waals surface area contributed by atoms with Crippen molar-refractivity contribution in [3.63, 3.8) is 0 Å². The highest BCUT2D eigenvalue weighted by atomic mass is 32.1. The van der Waals surface area contributed by atoms with Crippen LogP contribution in [0.2, 0.25) is 0 Å². The number of pyridine rings is 1. The molecule has 0 spiro atoms. The molecule has 2 aromatic heterocycles. The Balaban J connectivity index is 2.43. The van der Waals surface area contributed by atoms with Gasteiger partial charge in [-0.25, -0.2) is 4.98 Å². The molecule has 2 aromatic rings. The van der Waals surface area contributed by atoms with Gasteiger partial charge in [0.1, 0.15) is 5.01 Å². The van der Waals surface area contributed by atoms with Gasteiger partial charge < -0.3 is 0 Å². The fraction of sp³-hybridized carbons (Fsp3) is 0.273. The number of hydrogen-bond donors (Lipinski definition) is 0. The second kappa shape index (κ2) is 3.88. The first-order chi connectivity index (χ1) is 6.81. The third-order valence-electron chi connectivity index (χ3n) is 2.10. The predicted molar refractivity (Wildman–Crippen MR) is 59.5 cm³/mol. The number of aryl methyl sites for hydroxylation is 2. The Morgan fingerprint density at radius 3 is 2.79 bits per heavy atom. The van der Waals surface area contributed by atoms with Gasteiger partial charge in [-0.1, -0.05) is 13.0 Å². The van der Waals surface area contributed by atoms with Crippen LogP contribution in [0.4, 0.5) is 0 Å². The SMILES string of the molecule is CCc1sc(-c2ccccn2)nc1C. The maximum Gasteiger partial charge on any atom is 0.142 e. The lowest BCUT2D eigenvalue weighted by atomic mass is 10.3. The summed E-state index contributed by atoms with van der Waals surface area (Å²) in [6.45, 7) is 4.21. The van der Waals surface area contributed by atoms with Crippen LogP contribution in [0.15, 0.2) is 24.4 Å². The standard InChI is InChI=1S/C11H12N2S/c1-3-10-8(2)13-11(14-10)9-6-4-5-7-12-9/h4-7H,3H2,1-2H3. The molecule has 0 aliphatic rings. The van der Waals surface area contributed by atoms with Crippen LogP contribution in [0.1, 0.15) is 17.5 Å². The molecule has 2 nitrogen and oxygen atoms in total. The molecule has 0 bridgehead atoms. The average molecular weight is 204 g/mol. The molecule has 0 N–H and O–H groups in total. The molecule has 0 fully saturated rings. The van der Waals surface area contributed by atoms with E-state index in [1.807, 2.05) is 18.2 Å². The van der Waals surface area contributed by atoms with Gasteiger partial charge in [0, 0.05) is 11.1 Å². The zero-order valence-corrected chi connectivity index (χ0v) is 9.14. The molecule has 0 aromatic carbocycles. The van der Waals surface area contributed by atoms with Crippen LogP contribution in [-0.4, -0.2) is 9.97 Å². The van der Waals surface area contributed by atoms with E-state index < -0.39 is 0 Å². The van der Waals surface area contributed by atoms with Gasteiger partial charge in [-0.3, -0.25) is 4.98 Å². The van der Waals surface area contributed by atoms with E-state index in [0.717, 1.165) is 22.8 Å². The molecule has 0 radical (unpaired) electrons. The maximum absolute atomic E-state index is 4.51. The second-order valence-electron chi connectivity index (χ2n) is 3.10. The molecule has 0 aliphatic heterocycles. The molecule has 3 heteroatoms. The van der Waals surface area contributed by atoms with Gasteiger partial charge in [0.15, 0.2) is 0 Å². The third-order valence-corrected chi connectivity index (χ3v) is 3.42. The van der Waals surface area contributed by atoms with Crippen LogP contribution >= 0.6 is 11.3 Å². The Bertz CT molecular complexity index is 420. The third kappa shape index (κ3) is 1.68. The van der Waals surface area contributed by atoms with Crippen molar-refractivity contribution in [1.29, 1.82) is 0 Å². The highest BCUT2D eigenvalue weighted by Crippen LogP contribution is 2.26. The number of nitrogens with zero attached hydrogens (tertiary/aromatic N) is 2. The maximum atomic E-state index is 4.51. The van der Waals surface area contributed by atoms with Crippen molar-refractivity contribution in [3.05, 3.63) is 35.0 Å².